The average molecular weight is 512 g/mol. The largest absolute Gasteiger partial charge is 0.497 e. The molecule has 1 aromatic rings. The number of amides is 1. The number of carbonyl (C=O) groups is 3. The summed E-state index contributed by atoms with van der Waals surface area (Å²) in [6.07, 6.45) is 12.4. The highest BCUT2D eigenvalue weighted by molar-refractivity contribution is 5.98. The van der Waals surface area contributed by atoms with Gasteiger partial charge in [0.15, 0.2) is 5.78 Å². The van der Waals surface area contributed by atoms with Gasteiger partial charge in [-0.3, -0.25) is 14.4 Å². The minimum atomic E-state index is -0.898. The number of aliphatic carboxylic acids is 1. The smallest absolute Gasteiger partial charge is 0.306 e. The standard InChI is InChI=1S/C30H41NO6/c1-31(2)29(34)13-9-8-12-27(32)23-16-19-28(33)25(20-23)21-24(30(35)36)11-7-5-4-6-10-22-14-17-26(37-3)18-15-22/h6,10,14-18,20,24,27,32H,4-5,7-9,11-13,19,21H2,1-3H3,(H,35,36)/b10-6+. The SMILES string of the molecule is COc1ccc(/C=C/CCCCC(CC2=CC(C(O)CCCCC(=O)N(C)C)=CCC2=O)C(=O)O)cc1. The van der Waals surface area contributed by atoms with Crippen LogP contribution in [0.5, 0.6) is 5.75 Å². The van der Waals surface area contributed by atoms with Crippen molar-refractivity contribution in [3.63, 3.8) is 0 Å². The molecule has 2 unspecified atom stereocenters. The van der Waals surface area contributed by atoms with Crippen LogP contribution >= 0.6 is 0 Å². The molecule has 1 amide bonds. The minimum Gasteiger partial charge on any atom is -0.497 e. The lowest BCUT2D eigenvalue weighted by atomic mass is 9.86. The number of carboxylic acid groups (broad SMARTS) is 1. The van der Waals surface area contributed by atoms with Crippen molar-refractivity contribution >= 4 is 23.7 Å². The number of hydrogen-bond acceptors (Lipinski definition) is 5. The van der Waals surface area contributed by atoms with Crippen molar-refractivity contribution in [3.8, 4) is 5.75 Å². The van der Waals surface area contributed by atoms with Crippen LogP contribution in [0.2, 0.25) is 0 Å². The first kappa shape index (κ1) is 30.0. The Hall–Kier alpha value is -3.19. The third kappa shape index (κ3) is 10.8. The highest BCUT2D eigenvalue weighted by Crippen LogP contribution is 2.27. The first-order chi connectivity index (χ1) is 17.7. The zero-order chi connectivity index (χ0) is 27.2. The molecule has 202 valence electrons. The molecule has 0 aliphatic heterocycles. The molecule has 2 rings (SSSR count). The summed E-state index contributed by atoms with van der Waals surface area (Å²) < 4.78 is 5.16. The van der Waals surface area contributed by atoms with Gasteiger partial charge < -0.3 is 19.8 Å². The first-order valence-corrected chi connectivity index (χ1v) is 13.1. The molecule has 2 N–H and O–H groups in total. The van der Waals surface area contributed by atoms with E-state index in [1.165, 1.54) is 0 Å². The molecule has 0 bridgehead atoms. The molecular weight excluding hydrogens is 470 g/mol. The number of unbranched alkanes of at least 4 members (excludes halogenated alkanes) is 3. The second-order valence-corrected chi connectivity index (χ2v) is 9.75. The first-order valence-electron chi connectivity index (χ1n) is 13.1. The lowest BCUT2D eigenvalue weighted by Crippen LogP contribution is -2.21. The van der Waals surface area contributed by atoms with Gasteiger partial charge in [-0.2, -0.15) is 0 Å². The molecule has 37 heavy (non-hydrogen) atoms. The Kier molecular flexibility index (Phi) is 12.8. The summed E-state index contributed by atoms with van der Waals surface area (Å²) in [6.45, 7) is 0. The van der Waals surface area contributed by atoms with Gasteiger partial charge in [-0.25, -0.2) is 0 Å². The number of methoxy groups -OCH3 is 1. The number of allylic oxidation sites excluding steroid dienone is 3. The maximum absolute atomic E-state index is 12.5. The van der Waals surface area contributed by atoms with E-state index in [9.17, 15) is 24.6 Å². The van der Waals surface area contributed by atoms with Crippen molar-refractivity contribution in [1.82, 2.24) is 4.90 Å². The Bertz CT molecular complexity index is 990. The molecular formula is C30H41NO6. The number of nitrogens with zero attached hydrogens (tertiary/aromatic N) is 1. The van der Waals surface area contributed by atoms with Gasteiger partial charge in [-0.1, -0.05) is 43.2 Å². The van der Waals surface area contributed by atoms with E-state index in [4.69, 9.17) is 4.74 Å². The van der Waals surface area contributed by atoms with Crippen molar-refractivity contribution in [2.24, 2.45) is 5.92 Å². The number of rotatable bonds is 16. The number of ether oxygens (including phenoxy) is 1. The van der Waals surface area contributed by atoms with Gasteiger partial charge in [-0.05, 0) is 73.4 Å². The van der Waals surface area contributed by atoms with Gasteiger partial charge >= 0.3 is 5.97 Å². The molecule has 1 aromatic carbocycles. The van der Waals surface area contributed by atoms with E-state index in [0.29, 0.717) is 43.3 Å². The van der Waals surface area contributed by atoms with Crippen molar-refractivity contribution in [2.75, 3.05) is 21.2 Å². The van der Waals surface area contributed by atoms with Crippen LogP contribution in [-0.2, 0) is 14.4 Å². The summed E-state index contributed by atoms with van der Waals surface area (Å²) in [5, 5.41) is 20.3. The Labute approximate surface area is 220 Å². The van der Waals surface area contributed by atoms with Crippen LogP contribution in [-0.4, -0.2) is 60.1 Å². The molecule has 7 nitrogen and oxygen atoms in total. The predicted molar refractivity (Wildman–Crippen MR) is 145 cm³/mol. The lowest BCUT2D eigenvalue weighted by Gasteiger charge is -2.20. The molecule has 1 aliphatic carbocycles. The molecule has 0 radical (unpaired) electrons. The Balaban J connectivity index is 1.80. The number of aliphatic hydroxyl groups is 1. The van der Waals surface area contributed by atoms with E-state index in [1.54, 1.807) is 38.3 Å². The highest BCUT2D eigenvalue weighted by Gasteiger charge is 2.25. The van der Waals surface area contributed by atoms with Crippen molar-refractivity contribution in [1.29, 1.82) is 0 Å². The molecule has 7 heteroatoms. The van der Waals surface area contributed by atoms with E-state index < -0.39 is 18.0 Å². The summed E-state index contributed by atoms with van der Waals surface area (Å²) in [5.41, 5.74) is 2.23. The van der Waals surface area contributed by atoms with Gasteiger partial charge in [0, 0.05) is 26.9 Å². The number of hydrogen-bond donors (Lipinski definition) is 2. The van der Waals surface area contributed by atoms with Gasteiger partial charge in [0.25, 0.3) is 0 Å². The Morgan fingerprint density at radius 2 is 1.78 bits per heavy atom. The van der Waals surface area contributed by atoms with E-state index in [-0.39, 0.29) is 24.5 Å². The number of benzene rings is 1. The maximum Gasteiger partial charge on any atom is 0.306 e. The summed E-state index contributed by atoms with van der Waals surface area (Å²) in [5.74, 6) is -0.735. The van der Waals surface area contributed by atoms with Crippen LogP contribution in [0.4, 0.5) is 0 Å². The summed E-state index contributed by atoms with van der Waals surface area (Å²) in [6, 6.07) is 7.78. The molecule has 2 atom stereocenters. The monoisotopic (exact) mass is 511 g/mol. The quantitative estimate of drug-likeness (QED) is 0.296. The molecule has 0 fully saturated rings. The van der Waals surface area contributed by atoms with E-state index in [1.807, 2.05) is 30.3 Å². The Morgan fingerprint density at radius 1 is 1.08 bits per heavy atom. The number of carbonyl (C=O) groups excluding carboxylic acids is 2. The van der Waals surface area contributed by atoms with Crippen LogP contribution in [0.15, 0.2) is 53.6 Å². The fraction of sp³-hybridized carbons (Fsp3) is 0.500. The third-order valence-corrected chi connectivity index (χ3v) is 6.64. The lowest BCUT2D eigenvalue weighted by molar-refractivity contribution is -0.142. The predicted octanol–water partition coefficient (Wildman–Crippen LogP) is 5.19. The van der Waals surface area contributed by atoms with Crippen LogP contribution in [0.25, 0.3) is 6.08 Å². The topological polar surface area (TPSA) is 104 Å². The second-order valence-electron chi connectivity index (χ2n) is 9.75. The summed E-state index contributed by atoms with van der Waals surface area (Å²) >= 11 is 0. The Morgan fingerprint density at radius 3 is 2.43 bits per heavy atom. The van der Waals surface area contributed by atoms with Crippen molar-refractivity contribution in [2.45, 2.75) is 70.3 Å². The van der Waals surface area contributed by atoms with E-state index in [2.05, 4.69) is 6.08 Å². The molecule has 0 heterocycles. The molecule has 0 saturated carbocycles. The van der Waals surface area contributed by atoms with Crippen LogP contribution in [0.1, 0.15) is 69.8 Å². The number of ketones is 1. The van der Waals surface area contributed by atoms with E-state index >= 15 is 0 Å². The maximum atomic E-state index is 12.5. The van der Waals surface area contributed by atoms with Crippen molar-refractivity contribution in [3.05, 3.63) is 59.2 Å². The van der Waals surface area contributed by atoms with Gasteiger partial charge in [0.05, 0.1) is 19.1 Å². The summed E-state index contributed by atoms with van der Waals surface area (Å²) in [4.78, 5) is 37.6. The molecule has 1 aliphatic rings. The van der Waals surface area contributed by atoms with Crippen LogP contribution < -0.4 is 4.74 Å². The van der Waals surface area contributed by atoms with Gasteiger partial charge in [0.2, 0.25) is 5.91 Å². The molecule has 0 spiro atoms. The fourth-order valence-corrected chi connectivity index (χ4v) is 4.26. The normalized spacial score (nSPS) is 15.2. The molecule has 0 saturated heterocycles. The number of aliphatic hydroxyl groups excluding tert-OH is 1. The number of Topliss-reactive ketones (excluding diaryl/α,β-unsaturated/α-hetero) is 1. The zero-order valence-electron chi connectivity index (χ0n) is 22.3. The van der Waals surface area contributed by atoms with Gasteiger partial charge in [-0.15, -0.1) is 0 Å². The number of carboxylic acids is 1. The third-order valence-electron chi connectivity index (χ3n) is 6.64. The highest BCUT2D eigenvalue weighted by atomic mass is 16.5. The fourth-order valence-electron chi connectivity index (χ4n) is 4.26. The average Bonchev–Trinajstić information content (AvgIpc) is 2.88. The summed E-state index contributed by atoms with van der Waals surface area (Å²) in [7, 11) is 5.08. The zero-order valence-corrected chi connectivity index (χ0v) is 22.3. The van der Waals surface area contributed by atoms with Gasteiger partial charge in [0.1, 0.15) is 5.75 Å². The second kappa shape index (κ2) is 15.8. The van der Waals surface area contributed by atoms with Crippen LogP contribution in [0, 0.1) is 5.92 Å². The van der Waals surface area contributed by atoms with E-state index in [0.717, 1.165) is 30.6 Å². The molecule has 0 aromatic heterocycles. The van der Waals surface area contributed by atoms with Crippen molar-refractivity contribution < 1.29 is 29.3 Å². The van der Waals surface area contributed by atoms with Crippen LogP contribution in [0.3, 0.4) is 0 Å². The minimum absolute atomic E-state index is 0.0622.